The number of carbonyl (C=O) groups excluding carboxylic acids is 3. The van der Waals surface area contributed by atoms with Crippen LogP contribution in [0.4, 0.5) is 16.2 Å². The number of nitro benzene ring substituents is 1. The van der Waals surface area contributed by atoms with Gasteiger partial charge in [0.15, 0.2) is 0 Å². The number of unbranched alkanes of at least 4 members (excludes halogenated alkanes) is 9. The van der Waals surface area contributed by atoms with E-state index in [0.717, 1.165) is 19.3 Å². The van der Waals surface area contributed by atoms with Crippen molar-refractivity contribution in [3.8, 4) is 0 Å². The third kappa shape index (κ3) is 7.81. The van der Waals surface area contributed by atoms with Gasteiger partial charge >= 0.3 is 12.1 Å². The van der Waals surface area contributed by atoms with E-state index in [4.69, 9.17) is 32.7 Å². The maximum Gasteiger partial charge on any atom is 0.422 e. The van der Waals surface area contributed by atoms with E-state index in [9.17, 15) is 24.5 Å². The first-order valence-electron chi connectivity index (χ1n) is 14.4. The second kappa shape index (κ2) is 15.3. The third-order valence-corrected chi connectivity index (χ3v) is 8.13. The summed E-state index contributed by atoms with van der Waals surface area (Å²) >= 11 is 12.6. The predicted molar refractivity (Wildman–Crippen MR) is 163 cm³/mol. The van der Waals surface area contributed by atoms with E-state index >= 15 is 0 Å². The first-order chi connectivity index (χ1) is 20.0. The van der Waals surface area contributed by atoms with Gasteiger partial charge in [0.05, 0.1) is 32.8 Å². The number of imide groups is 1. The molecule has 1 aliphatic heterocycles. The Labute approximate surface area is 256 Å². The number of benzene rings is 2. The fraction of sp³-hybridized carbons (Fsp3) is 0.516. The Balaban J connectivity index is 1.68. The summed E-state index contributed by atoms with van der Waals surface area (Å²) in [6, 6.07) is 4.06. The number of hydrogen-bond donors (Lipinski definition) is 0. The van der Waals surface area contributed by atoms with E-state index in [-0.39, 0.29) is 44.7 Å². The van der Waals surface area contributed by atoms with Gasteiger partial charge in [-0.05, 0) is 51.0 Å². The first kappa shape index (κ1) is 33.3. The topological polar surface area (TPSA) is 116 Å². The third-order valence-electron chi connectivity index (χ3n) is 7.51. The summed E-state index contributed by atoms with van der Waals surface area (Å²) in [6.07, 6.45) is 9.01. The molecule has 1 atom stereocenters. The van der Waals surface area contributed by atoms with Gasteiger partial charge in [-0.3, -0.25) is 14.9 Å². The minimum Gasteiger partial charge on any atom is -0.462 e. The van der Waals surface area contributed by atoms with Crippen LogP contribution in [-0.2, 0) is 14.3 Å². The van der Waals surface area contributed by atoms with E-state index < -0.39 is 29.0 Å². The summed E-state index contributed by atoms with van der Waals surface area (Å²) in [7, 11) is 0. The van der Waals surface area contributed by atoms with E-state index in [1.807, 2.05) is 0 Å². The molecule has 228 valence electrons. The molecule has 3 rings (SSSR count). The molecule has 0 bridgehead atoms. The lowest BCUT2D eigenvalue weighted by Gasteiger charge is -2.17. The molecule has 9 nitrogen and oxygen atoms in total. The van der Waals surface area contributed by atoms with Gasteiger partial charge in [-0.2, -0.15) is 0 Å². The van der Waals surface area contributed by atoms with Crippen LogP contribution in [0.25, 0.3) is 0 Å². The molecular formula is C31H38Cl2N2O7. The van der Waals surface area contributed by atoms with Gasteiger partial charge in [-0.1, -0.05) is 87.9 Å². The Hall–Kier alpha value is -3.17. The van der Waals surface area contributed by atoms with Crippen molar-refractivity contribution in [2.45, 2.75) is 98.0 Å². The van der Waals surface area contributed by atoms with Crippen molar-refractivity contribution < 1.29 is 28.8 Å². The van der Waals surface area contributed by atoms with Crippen molar-refractivity contribution in [1.82, 2.24) is 0 Å². The molecule has 0 aliphatic carbocycles. The van der Waals surface area contributed by atoms with Crippen LogP contribution in [0.5, 0.6) is 0 Å². The van der Waals surface area contributed by atoms with Crippen LogP contribution in [0, 0.1) is 30.9 Å². The van der Waals surface area contributed by atoms with Gasteiger partial charge in [0.1, 0.15) is 0 Å². The van der Waals surface area contributed by atoms with E-state index in [1.54, 1.807) is 19.9 Å². The number of rotatable bonds is 15. The van der Waals surface area contributed by atoms with Crippen LogP contribution in [0.15, 0.2) is 18.2 Å². The van der Waals surface area contributed by atoms with Crippen LogP contribution in [0.2, 0.25) is 10.0 Å². The van der Waals surface area contributed by atoms with Crippen molar-refractivity contribution >= 4 is 52.5 Å². The zero-order chi connectivity index (χ0) is 31.0. The summed E-state index contributed by atoms with van der Waals surface area (Å²) in [6.45, 7) is 7.21. The number of amides is 2. The van der Waals surface area contributed by atoms with Crippen LogP contribution in [-0.4, -0.2) is 29.5 Å². The number of halogens is 2. The summed E-state index contributed by atoms with van der Waals surface area (Å²) in [4.78, 5) is 51.1. The number of carbonyl (C=O) groups is 3. The maximum absolute atomic E-state index is 13.5. The fourth-order valence-corrected chi connectivity index (χ4v) is 5.93. The monoisotopic (exact) mass is 620 g/mol. The lowest BCUT2D eigenvalue weighted by Crippen LogP contribution is -2.30. The van der Waals surface area contributed by atoms with Crippen molar-refractivity contribution in [1.29, 1.82) is 0 Å². The normalized spacial score (nSPS) is 14.8. The molecule has 11 heteroatoms. The number of esters is 1. The lowest BCUT2D eigenvalue weighted by atomic mass is 9.93. The van der Waals surface area contributed by atoms with Gasteiger partial charge in [0, 0.05) is 16.7 Å². The first-order valence-corrected chi connectivity index (χ1v) is 15.2. The molecule has 1 unspecified atom stereocenters. The molecule has 0 saturated carbocycles. The predicted octanol–water partition coefficient (Wildman–Crippen LogP) is 9.13. The molecule has 0 N–H and O–H groups in total. The summed E-state index contributed by atoms with van der Waals surface area (Å²) in [5.41, 5.74) is 1.14. The molecule has 0 spiro atoms. The summed E-state index contributed by atoms with van der Waals surface area (Å²) < 4.78 is 10.8. The number of nitro groups is 1. The Morgan fingerprint density at radius 1 is 0.929 bits per heavy atom. The minimum atomic E-state index is -1.42. The average molecular weight is 622 g/mol. The zero-order valence-corrected chi connectivity index (χ0v) is 26.1. The van der Waals surface area contributed by atoms with Crippen molar-refractivity contribution in [2.75, 3.05) is 11.5 Å². The average Bonchev–Trinajstić information content (AvgIpc) is 3.19. The molecule has 1 fully saturated rings. The van der Waals surface area contributed by atoms with Crippen LogP contribution < -0.4 is 4.90 Å². The number of cyclic esters (lactones) is 1. The Kier molecular flexibility index (Phi) is 12.2. The molecular weight excluding hydrogens is 583 g/mol. The van der Waals surface area contributed by atoms with Gasteiger partial charge in [-0.15, -0.1) is 0 Å². The SMILES string of the molecule is CCCCCCCCCCCCOC(=O)c1cc(N2C(=O)OC(c3c(C)cc(C)c([N+](=O)[O-])c3C)C2=O)c(Cl)cc1Cl. The number of hydrogen-bond acceptors (Lipinski definition) is 7. The van der Waals surface area contributed by atoms with Crippen molar-refractivity contribution in [3.63, 3.8) is 0 Å². The van der Waals surface area contributed by atoms with E-state index in [2.05, 4.69) is 6.92 Å². The maximum atomic E-state index is 13.5. The number of ether oxygens (including phenoxy) is 2. The quantitative estimate of drug-likeness (QED) is 0.0843. The van der Waals surface area contributed by atoms with Crippen LogP contribution >= 0.6 is 23.2 Å². The van der Waals surface area contributed by atoms with Crippen molar-refractivity contribution in [2.24, 2.45) is 0 Å². The number of anilines is 1. The molecule has 1 aliphatic rings. The second-order valence-corrected chi connectivity index (χ2v) is 11.5. The van der Waals surface area contributed by atoms with Crippen LogP contribution in [0.1, 0.15) is 110 Å². The van der Waals surface area contributed by atoms with Gasteiger partial charge in [0.25, 0.3) is 11.6 Å². The van der Waals surface area contributed by atoms with Crippen molar-refractivity contribution in [3.05, 3.63) is 66.2 Å². The second-order valence-electron chi connectivity index (χ2n) is 10.7. The Morgan fingerprint density at radius 3 is 2.12 bits per heavy atom. The molecule has 1 heterocycles. The largest absolute Gasteiger partial charge is 0.462 e. The highest BCUT2D eigenvalue weighted by Crippen LogP contribution is 2.41. The zero-order valence-electron chi connectivity index (χ0n) is 24.6. The standard InChI is InChI=1S/C31H38Cl2N2O7/c1-5-6-7-8-9-10-11-12-13-14-15-41-30(37)22-17-25(24(33)18-23(22)32)34-29(36)28(42-31(34)38)26-19(2)16-20(3)27(21(26)4)35(39)40/h16-18,28H,5-15H2,1-4H3. The Bertz CT molecular complexity index is 1350. The highest BCUT2D eigenvalue weighted by atomic mass is 35.5. The molecule has 0 radical (unpaired) electrons. The summed E-state index contributed by atoms with van der Waals surface area (Å²) in [5.74, 6) is -1.50. The lowest BCUT2D eigenvalue weighted by molar-refractivity contribution is -0.386. The molecule has 0 aromatic heterocycles. The number of aryl methyl sites for hydroxylation is 2. The molecule has 2 amide bonds. The smallest absolute Gasteiger partial charge is 0.422 e. The minimum absolute atomic E-state index is 0.00855. The fourth-order valence-electron chi connectivity index (χ4n) is 5.38. The molecule has 2 aromatic carbocycles. The van der Waals surface area contributed by atoms with Gasteiger partial charge in [0.2, 0.25) is 6.10 Å². The molecule has 42 heavy (non-hydrogen) atoms. The van der Waals surface area contributed by atoms with Gasteiger partial charge < -0.3 is 9.47 Å². The molecule has 1 saturated heterocycles. The highest BCUT2D eigenvalue weighted by Gasteiger charge is 2.46. The van der Waals surface area contributed by atoms with Crippen LogP contribution in [0.3, 0.4) is 0 Å². The Morgan fingerprint density at radius 2 is 1.52 bits per heavy atom. The highest BCUT2D eigenvalue weighted by molar-refractivity contribution is 6.39. The number of nitrogens with zero attached hydrogens (tertiary/aromatic N) is 2. The van der Waals surface area contributed by atoms with E-state index in [0.29, 0.717) is 22.4 Å². The molecule has 2 aromatic rings. The van der Waals surface area contributed by atoms with E-state index in [1.165, 1.54) is 57.6 Å². The summed E-state index contributed by atoms with van der Waals surface area (Å²) in [5, 5.41) is 11.6. The van der Waals surface area contributed by atoms with Gasteiger partial charge in [-0.25, -0.2) is 14.5 Å².